The van der Waals surface area contributed by atoms with E-state index in [1.165, 1.54) is 11.1 Å². The van der Waals surface area contributed by atoms with Gasteiger partial charge in [-0.3, -0.25) is 9.59 Å². The molecule has 4 heteroatoms. The normalized spacial score (nSPS) is 11.1. The van der Waals surface area contributed by atoms with Crippen LogP contribution in [0.5, 0.6) is 0 Å². The molecule has 0 radical (unpaired) electrons. The van der Waals surface area contributed by atoms with E-state index < -0.39 is 0 Å². The second kappa shape index (κ2) is 8.65. The Morgan fingerprint density at radius 2 is 1.46 bits per heavy atom. The van der Waals surface area contributed by atoms with Gasteiger partial charge in [0.2, 0.25) is 5.91 Å². The molecule has 0 atom stereocenters. The first-order valence-electron chi connectivity index (χ1n) is 8.97. The van der Waals surface area contributed by atoms with Crippen LogP contribution >= 0.6 is 0 Å². The zero-order valence-corrected chi connectivity index (χ0v) is 16.1. The molecule has 2 aromatic rings. The van der Waals surface area contributed by atoms with Crippen molar-refractivity contribution in [3.63, 3.8) is 0 Å². The minimum absolute atomic E-state index is 0.0280. The minimum Gasteiger partial charge on any atom is -0.355 e. The van der Waals surface area contributed by atoms with E-state index >= 15 is 0 Å². The highest BCUT2D eigenvalue weighted by Crippen LogP contribution is 2.22. The fourth-order valence-electron chi connectivity index (χ4n) is 2.64. The number of aryl methyl sites for hydroxylation is 1. The molecule has 0 bridgehead atoms. The fraction of sp³-hybridized carbons (Fsp3) is 0.364. The highest BCUT2D eigenvalue weighted by atomic mass is 16.2. The number of hydrogen-bond acceptors (Lipinski definition) is 2. The second-order valence-corrected chi connectivity index (χ2v) is 7.50. The summed E-state index contributed by atoms with van der Waals surface area (Å²) in [6, 6.07) is 15.7. The molecule has 0 aliphatic carbocycles. The Labute approximate surface area is 156 Å². The Morgan fingerprint density at radius 3 is 2.00 bits per heavy atom. The Bertz CT molecular complexity index is 741. The quantitative estimate of drug-likeness (QED) is 0.835. The summed E-state index contributed by atoms with van der Waals surface area (Å²) in [7, 11) is 1.60. The van der Waals surface area contributed by atoms with Crippen molar-refractivity contribution >= 4 is 11.8 Å². The summed E-state index contributed by atoms with van der Waals surface area (Å²) in [5.74, 6) is -0.0849. The molecule has 0 fully saturated rings. The third kappa shape index (κ3) is 5.73. The van der Waals surface area contributed by atoms with E-state index in [0.717, 1.165) is 12.0 Å². The standard InChI is InChI=1S/C22H28N2O2/c1-22(2,3)19-12-7-16(8-13-19)9-14-20(25)24-15-17-5-10-18(11-6-17)21(26)23-4/h5-8,10-13H,9,14-15H2,1-4H3,(H,23,26)(H,24,25). The van der Waals surface area contributed by atoms with E-state index in [1.807, 2.05) is 12.1 Å². The van der Waals surface area contributed by atoms with Crippen molar-refractivity contribution < 1.29 is 9.59 Å². The fourth-order valence-corrected chi connectivity index (χ4v) is 2.64. The molecule has 138 valence electrons. The van der Waals surface area contributed by atoms with Crippen LogP contribution in [0.4, 0.5) is 0 Å². The molecule has 0 unspecified atom stereocenters. The van der Waals surface area contributed by atoms with Crippen molar-refractivity contribution in [3.8, 4) is 0 Å². The molecule has 4 nitrogen and oxygen atoms in total. The summed E-state index contributed by atoms with van der Waals surface area (Å²) in [6.45, 7) is 7.04. The van der Waals surface area contributed by atoms with Gasteiger partial charge in [0.15, 0.2) is 0 Å². The summed E-state index contributed by atoms with van der Waals surface area (Å²) in [5.41, 5.74) is 4.19. The van der Waals surface area contributed by atoms with Crippen LogP contribution in [0.2, 0.25) is 0 Å². The smallest absolute Gasteiger partial charge is 0.251 e. The van der Waals surface area contributed by atoms with Gasteiger partial charge in [-0.1, -0.05) is 57.2 Å². The van der Waals surface area contributed by atoms with Crippen LogP contribution in [0.15, 0.2) is 48.5 Å². The maximum Gasteiger partial charge on any atom is 0.251 e. The Hall–Kier alpha value is -2.62. The highest BCUT2D eigenvalue weighted by Gasteiger charge is 2.13. The van der Waals surface area contributed by atoms with Crippen LogP contribution in [-0.2, 0) is 23.2 Å². The summed E-state index contributed by atoms with van der Waals surface area (Å²) < 4.78 is 0. The van der Waals surface area contributed by atoms with Gasteiger partial charge in [-0.25, -0.2) is 0 Å². The van der Waals surface area contributed by atoms with Crippen LogP contribution < -0.4 is 10.6 Å². The van der Waals surface area contributed by atoms with Gasteiger partial charge in [0.05, 0.1) is 0 Å². The van der Waals surface area contributed by atoms with Crippen LogP contribution in [0, 0.1) is 0 Å². The first-order chi connectivity index (χ1) is 12.3. The number of benzene rings is 2. The largest absolute Gasteiger partial charge is 0.355 e. The first-order valence-corrected chi connectivity index (χ1v) is 8.97. The number of carbonyl (C=O) groups is 2. The lowest BCUT2D eigenvalue weighted by atomic mass is 9.86. The van der Waals surface area contributed by atoms with Gasteiger partial charge in [-0.05, 0) is 40.7 Å². The van der Waals surface area contributed by atoms with E-state index in [2.05, 4.69) is 55.7 Å². The van der Waals surface area contributed by atoms with Crippen molar-refractivity contribution in [1.82, 2.24) is 10.6 Å². The maximum atomic E-state index is 12.1. The second-order valence-electron chi connectivity index (χ2n) is 7.50. The van der Waals surface area contributed by atoms with Gasteiger partial charge >= 0.3 is 0 Å². The SMILES string of the molecule is CNC(=O)c1ccc(CNC(=O)CCc2ccc(C(C)(C)C)cc2)cc1. The number of nitrogens with one attached hydrogen (secondary N) is 2. The lowest BCUT2D eigenvalue weighted by Crippen LogP contribution is -2.23. The van der Waals surface area contributed by atoms with Crippen molar-refractivity contribution in [2.24, 2.45) is 0 Å². The Balaban J connectivity index is 1.79. The molecule has 0 saturated carbocycles. The van der Waals surface area contributed by atoms with Gasteiger partial charge in [0, 0.05) is 25.6 Å². The number of rotatable bonds is 6. The predicted molar refractivity (Wildman–Crippen MR) is 105 cm³/mol. The lowest BCUT2D eigenvalue weighted by Gasteiger charge is -2.19. The third-order valence-electron chi connectivity index (χ3n) is 4.39. The number of hydrogen-bond donors (Lipinski definition) is 2. The van der Waals surface area contributed by atoms with Gasteiger partial charge in [0.25, 0.3) is 5.91 Å². The number of amides is 2. The number of carbonyl (C=O) groups excluding carboxylic acids is 2. The molecule has 0 aromatic heterocycles. The minimum atomic E-state index is -0.113. The first kappa shape index (κ1) is 19.7. The molecule has 2 aromatic carbocycles. The molecule has 26 heavy (non-hydrogen) atoms. The summed E-state index contributed by atoms with van der Waals surface area (Å²) in [6.07, 6.45) is 1.19. The molecule has 2 N–H and O–H groups in total. The Morgan fingerprint density at radius 1 is 0.885 bits per heavy atom. The van der Waals surface area contributed by atoms with Crippen LogP contribution in [0.25, 0.3) is 0 Å². The molecule has 0 spiro atoms. The van der Waals surface area contributed by atoms with Crippen LogP contribution in [0.1, 0.15) is 54.2 Å². The van der Waals surface area contributed by atoms with Gasteiger partial charge in [-0.2, -0.15) is 0 Å². The zero-order valence-electron chi connectivity index (χ0n) is 16.1. The average Bonchev–Trinajstić information content (AvgIpc) is 2.64. The molecular weight excluding hydrogens is 324 g/mol. The van der Waals surface area contributed by atoms with E-state index in [-0.39, 0.29) is 17.2 Å². The van der Waals surface area contributed by atoms with E-state index in [9.17, 15) is 9.59 Å². The molecule has 0 aliphatic rings. The van der Waals surface area contributed by atoms with Crippen molar-refractivity contribution in [2.45, 2.75) is 45.6 Å². The molecule has 2 rings (SSSR count). The molecule has 2 amide bonds. The zero-order chi connectivity index (χ0) is 19.2. The van der Waals surface area contributed by atoms with Crippen molar-refractivity contribution in [1.29, 1.82) is 0 Å². The highest BCUT2D eigenvalue weighted by molar-refractivity contribution is 5.93. The topological polar surface area (TPSA) is 58.2 Å². The van der Waals surface area contributed by atoms with Crippen LogP contribution in [0.3, 0.4) is 0 Å². The van der Waals surface area contributed by atoms with Gasteiger partial charge in [-0.15, -0.1) is 0 Å². The summed E-state index contributed by atoms with van der Waals surface area (Å²) in [5, 5.41) is 5.51. The summed E-state index contributed by atoms with van der Waals surface area (Å²) in [4.78, 5) is 23.6. The molecule has 0 heterocycles. The molecule has 0 saturated heterocycles. The van der Waals surface area contributed by atoms with Gasteiger partial charge in [0.1, 0.15) is 0 Å². The Kier molecular flexibility index (Phi) is 6.56. The monoisotopic (exact) mass is 352 g/mol. The lowest BCUT2D eigenvalue weighted by molar-refractivity contribution is -0.121. The van der Waals surface area contributed by atoms with E-state index in [0.29, 0.717) is 18.5 Å². The molecular formula is C22H28N2O2. The van der Waals surface area contributed by atoms with E-state index in [1.54, 1.807) is 19.2 Å². The average molecular weight is 352 g/mol. The van der Waals surface area contributed by atoms with E-state index in [4.69, 9.17) is 0 Å². The summed E-state index contributed by atoms with van der Waals surface area (Å²) >= 11 is 0. The third-order valence-corrected chi connectivity index (χ3v) is 4.39. The predicted octanol–water partition coefficient (Wildman–Crippen LogP) is 3.59. The van der Waals surface area contributed by atoms with Crippen molar-refractivity contribution in [2.75, 3.05) is 7.05 Å². The maximum absolute atomic E-state index is 12.1. The molecule has 0 aliphatic heterocycles. The van der Waals surface area contributed by atoms with Crippen LogP contribution in [-0.4, -0.2) is 18.9 Å². The van der Waals surface area contributed by atoms with Gasteiger partial charge < -0.3 is 10.6 Å². The van der Waals surface area contributed by atoms with Crippen molar-refractivity contribution in [3.05, 3.63) is 70.8 Å².